The molecule has 0 fully saturated rings. The summed E-state index contributed by atoms with van der Waals surface area (Å²) >= 11 is 0. The summed E-state index contributed by atoms with van der Waals surface area (Å²) in [5, 5.41) is 2.56. The van der Waals surface area contributed by atoms with Crippen molar-refractivity contribution in [2.75, 3.05) is 11.9 Å². The maximum absolute atomic E-state index is 12.9. The smallest absolute Gasteiger partial charge is 0.331 e. The molecule has 1 amide bonds. The molecule has 0 spiro atoms. The highest BCUT2D eigenvalue weighted by Gasteiger charge is 2.21. The maximum atomic E-state index is 12.9. The summed E-state index contributed by atoms with van der Waals surface area (Å²) in [5.74, 6) is -0.172. The SMILES string of the molecule is CCOc1cc2c(cc1/C=C/C(=O)O[C@@H](C)C(=O)Nc1ccc(F)cc1)O[C@@H](C)C2. The molecule has 0 aromatic heterocycles. The minimum atomic E-state index is -1.03. The third kappa shape index (κ3) is 5.37. The van der Waals surface area contributed by atoms with Crippen molar-refractivity contribution in [1.82, 2.24) is 0 Å². The molecule has 6 nitrogen and oxygen atoms in total. The number of amides is 1. The van der Waals surface area contributed by atoms with Gasteiger partial charge in [0.1, 0.15) is 23.4 Å². The van der Waals surface area contributed by atoms with E-state index >= 15 is 0 Å². The van der Waals surface area contributed by atoms with Crippen molar-refractivity contribution >= 4 is 23.6 Å². The fraction of sp³-hybridized carbons (Fsp3) is 0.304. The highest BCUT2D eigenvalue weighted by Crippen LogP contribution is 2.35. The molecular weight excluding hydrogens is 389 g/mol. The van der Waals surface area contributed by atoms with E-state index in [4.69, 9.17) is 14.2 Å². The molecule has 0 aliphatic carbocycles. The number of esters is 1. The number of hydrogen-bond acceptors (Lipinski definition) is 5. The fourth-order valence-corrected chi connectivity index (χ4v) is 3.07. The molecule has 0 bridgehead atoms. The van der Waals surface area contributed by atoms with Crippen LogP contribution in [-0.4, -0.2) is 30.7 Å². The van der Waals surface area contributed by atoms with Crippen LogP contribution in [0.3, 0.4) is 0 Å². The van der Waals surface area contributed by atoms with E-state index in [0.717, 1.165) is 17.7 Å². The predicted octanol–water partition coefficient (Wildman–Crippen LogP) is 4.13. The van der Waals surface area contributed by atoms with Gasteiger partial charge in [0.05, 0.1) is 6.61 Å². The lowest BCUT2D eigenvalue weighted by atomic mass is 10.1. The Morgan fingerprint density at radius 1 is 1.30 bits per heavy atom. The average Bonchev–Trinajstić information content (AvgIpc) is 3.07. The van der Waals surface area contributed by atoms with Crippen molar-refractivity contribution in [1.29, 1.82) is 0 Å². The number of rotatable bonds is 7. The quantitative estimate of drug-likeness (QED) is 0.546. The van der Waals surface area contributed by atoms with Crippen LogP contribution in [0, 0.1) is 5.82 Å². The Balaban J connectivity index is 1.63. The summed E-state index contributed by atoms with van der Waals surface area (Å²) in [6.07, 6.45) is 2.69. The Morgan fingerprint density at radius 2 is 2.03 bits per heavy atom. The minimum Gasteiger partial charge on any atom is -0.493 e. The molecule has 0 saturated carbocycles. The number of nitrogens with one attached hydrogen (secondary N) is 1. The second kappa shape index (κ2) is 9.43. The predicted molar refractivity (Wildman–Crippen MR) is 111 cm³/mol. The first-order valence-corrected chi connectivity index (χ1v) is 9.77. The Hall–Kier alpha value is -3.35. The normalized spacial score (nSPS) is 15.9. The van der Waals surface area contributed by atoms with Crippen LogP contribution in [0.4, 0.5) is 10.1 Å². The van der Waals surface area contributed by atoms with E-state index < -0.39 is 23.8 Å². The summed E-state index contributed by atoms with van der Waals surface area (Å²) < 4.78 is 29.5. The van der Waals surface area contributed by atoms with Gasteiger partial charge in [0.15, 0.2) is 6.10 Å². The van der Waals surface area contributed by atoms with Gasteiger partial charge in [-0.15, -0.1) is 0 Å². The molecule has 1 aliphatic rings. The van der Waals surface area contributed by atoms with Crippen molar-refractivity contribution in [3.63, 3.8) is 0 Å². The zero-order valence-corrected chi connectivity index (χ0v) is 17.1. The van der Waals surface area contributed by atoms with E-state index in [-0.39, 0.29) is 6.10 Å². The van der Waals surface area contributed by atoms with Gasteiger partial charge in [0, 0.05) is 29.3 Å². The standard InChI is InChI=1S/C23H24FNO5/c1-4-28-20-13-17-11-14(2)29-21(17)12-16(20)5-10-22(26)30-15(3)23(27)25-19-8-6-18(24)7-9-19/h5-10,12-15H,4,11H2,1-3H3,(H,25,27)/b10-5+/t14-,15-/m0/s1. The first-order chi connectivity index (χ1) is 14.4. The first-order valence-electron chi connectivity index (χ1n) is 9.77. The number of halogens is 1. The van der Waals surface area contributed by atoms with Crippen molar-refractivity contribution in [3.05, 3.63) is 59.4 Å². The van der Waals surface area contributed by atoms with Crippen LogP contribution in [0.2, 0.25) is 0 Å². The lowest BCUT2D eigenvalue weighted by Gasteiger charge is -2.12. The van der Waals surface area contributed by atoms with Gasteiger partial charge in [-0.1, -0.05) is 0 Å². The molecule has 2 aromatic carbocycles. The second-order valence-electron chi connectivity index (χ2n) is 6.97. The molecule has 1 aliphatic heterocycles. The van der Waals surface area contributed by atoms with Gasteiger partial charge in [-0.3, -0.25) is 4.79 Å². The molecule has 0 radical (unpaired) electrons. The van der Waals surface area contributed by atoms with E-state index in [0.29, 0.717) is 23.6 Å². The largest absolute Gasteiger partial charge is 0.493 e. The fourth-order valence-electron chi connectivity index (χ4n) is 3.07. The summed E-state index contributed by atoms with van der Waals surface area (Å²) in [4.78, 5) is 24.3. The van der Waals surface area contributed by atoms with Crippen molar-refractivity contribution in [2.24, 2.45) is 0 Å². The van der Waals surface area contributed by atoms with Gasteiger partial charge in [0.25, 0.3) is 5.91 Å². The van der Waals surface area contributed by atoms with Gasteiger partial charge in [-0.2, -0.15) is 0 Å². The Morgan fingerprint density at radius 3 is 2.73 bits per heavy atom. The number of carbonyl (C=O) groups is 2. The van der Waals surface area contributed by atoms with Crippen molar-refractivity contribution < 1.29 is 28.2 Å². The highest BCUT2D eigenvalue weighted by atomic mass is 19.1. The molecule has 2 aromatic rings. The number of carbonyl (C=O) groups excluding carboxylic acids is 2. The third-order valence-electron chi connectivity index (χ3n) is 4.50. The average molecular weight is 413 g/mol. The van der Waals surface area contributed by atoms with Crippen LogP contribution in [0.5, 0.6) is 11.5 Å². The zero-order valence-electron chi connectivity index (χ0n) is 17.1. The molecule has 1 heterocycles. The summed E-state index contributed by atoms with van der Waals surface area (Å²) in [5.41, 5.74) is 2.16. The molecule has 158 valence electrons. The van der Waals surface area contributed by atoms with Gasteiger partial charge in [-0.05, 0) is 63.2 Å². The van der Waals surface area contributed by atoms with Crippen LogP contribution in [-0.2, 0) is 20.7 Å². The van der Waals surface area contributed by atoms with Gasteiger partial charge in [0.2, 0.25) is 0 Å². The van der Waals surface area contributed by atoms with Crippen LogP contribution in [0.1, 0.15) is 31.9 Å². The van der Waals surface area contributed by atoms with E-state index in [1.807, 2.05) is 26.0 Å². The molecule has 2 atom stereocenters. The maximum Gasteiger partial charge on any atom is 0.331 e. The van der Waals surface area contributed by atoms with Crippen molar-refractivity contribution in [2.45, 2.75) is 39.4 Å². The summed E-state index contributed by atoms with van der Waals surface area (Å²) in [6, 6.07) is 9.06. The Labute approximate surface area is 174 Å². The first kappa shape index (κ1) is 21.4. The van der Waals surface area contributed by atoms with Crippen LogP contribution in [0.25, 0.3) is 6.08 Å². The lowest BCUT2D eigenvalue weighted by Crippen LogP contribution is -2.29. The Bertz CT molecular complexity index is 955. The third-order valence-corrected chi connectivity index (χ3v) is 4.50. The number of anilines is 1. The monoisotopic (exact) mass is 413 g/mol. The van der Waals surface area contributed by atoms with Gasteiger partial charge < -0.3 is 19.5 Å². The van der Waals surface area contributed by atoms with Gasteiger partial charge in [-0.25, -0.2) is 9.18 Å². The highest BCUT2D eigenvalue weighted by molar-refractivity contribution is 5.96. The lowest BCUT2D eigenvalue weighted by molar-refractivity contribution is -0.148. The van der Waals surface area contributed by atoms with Crippen molar-refractivity contribution in [3.8, 4) is 11.5 Å². The summed E-state index contributed by atoms with van der Waals surface area (Å²) in [6.45, 7) is 5.82. The van der Waals surface area contributed by atoms with E-state index in [2.05, 4.69) is 5.32 Å². The Kier molecular flexibility index (Phi) is 6.72. The van der Waals surface area contributed by atoms with E-state index in [1.165, 1.54) is 37.3 Å². The molecule has 0 saturated heterocycles. The minimum absolute atomic E-state index is 0.0964. The van der Waals surface area contributed by atoms with E-state index in [1.54, 1.807) is 6.08 Å². The number of benzene rings is 2. The summed E-state index contributed by atoms with van der Waals surface area (Å²) in [7, 11) is 0. The van der Waals surface area contributed by atoms with Gasteiger partial charge >= 0.3 is 5.97 Å². The molecule has 0 unspecified atom stereocenters. The van der Waals surface area contributed by atoms with Crippen LogP contribution < -0.4 is 14.8 Å². The van der Waals surface area contributed by atoms with Crippen LogP contribution >= 0.6 is 0 Å². The topological polar surface area (TPSA) is 73.9 Å². The number of ether oxygens (including phenoxy) is 3. The zero-order chi connectivity index (χ0) is 21.7. The molecule has 1 N–H and O–H groups in total. The van der Waals surface area contributed by atoms with Crippen LogP contribution in [0.15, 0.2) is 42.5 Å². The molecular formula is C23H24FNO5. The molecule has 30 heavy (non-hydrogen) atoms. The number of fused-ring (bicyclic) bond motifs is 1. The van der Waals surface area contributed by atoms with E-state index in [9.17, 15) is 14.0 Å². The second-order valence-corrected chi connectivity index (χ2v) is 6.97. The molecule has 7 heteroatoms. The number of hydrogen-bond donors (Lipinski definition) is 1. The molecule has 3 rings (SSSR count).